The molecule has 1 N–H and O–H groups in total. The number of morpholine rings is 1. The van der Waals surface area contributed by atoms with Crippen molar-refractivity contribution in [2.75, 3.05) is 43.1 Å². The topological polar surface area (TPSA) is 107 Å². The summed E-state index contributed by atoms with van der Waals surface area (Å²) in [6.45, 7) is 4.89. The van der Waals surface area contributed by atoms with Crippen LogP contribution in [-0.2, 0) is 20.7 Å². The average molecular weight is 377 g/mol. The van der Waals surface area contributed by atoms with E-state index in [0.29, 0.717) is 30.6 Å². The summed E-state index contributed by atoms with van der Waals surface area (Å²) in [5, 5.41) is 12.9. The third-order valence-electron chi connectivity index (χ3n) is 3.62. The Bertz CT molecular complexity index is 758. The number of hydrogen-bond donors (Lipinski definition) is 1. The zero-order valence-corrected chi connectivity index (χ0v) is 15.1. The predicted molar refractivity (Wildman–Crippen MR) is 95.5 cm³/mol. The SMILES string of the molecule is CCOC(=O)Cc1csc(NC(=O)c2ccc(N3CCOCC3)nn2)n1. The summed E-state index contributed by atoms with van der Waals surface area (Å²) < 4.78 is 10.2. The van der Waals surface area contributed by atoms with Gasteiger partial charge in [-0.15, -0.1) is 21.5 Å². The molecule has 2 aromatic heterocycles. The Labute approximate surface area is 154 Å². The highest BCUT2D eigenvalue weighted by molar-refractivity contribution is 7.14. The minimum atomic E-state index is -0.400. The van der Waals surface area contributed by atoms with Crippen molar-refractivity contribution in [2.24, 2.45) is 0 Å². The van der Waals surface area contributed by atoms with Crippen LogP contribution >= 0.6 is 11.3 Å². The van der Waals surface area contributed by atoms with Gasteiger partial charge >= 0.3 is 5.97 Å². The number of nitrogens with one attached hydrogen (secondary N) is 1. The summed E-state index contributed by atoms with van der Waals surface area (Å²) in [5.74, 6) is -0.0286. The maximum Gasteiger partial charge on any atom is 0.311 e. The van der Waals surface area contributed by atoms with E-state index in [1.165, 1.54) is 11.3 Å². The summed E-state index contributed by atoms with van der Waals surface area (Å²) in [7, 11) is 0. The van der Waals surface area contributed by atoms with Gasteiger partial charge in [-0.25, -0.2) is 4.98 Å². The lowest BCUT2D eigenvalue weighted by atomic mass is 10.3. The number of aromatic nitrogens is 3. The molecule has 10 heteroatoms. The number of carbonyl (C=O) groups excluding carboxylic acids is 2. The van der Waals surface area contributed by atoms with Crippen LogP contribution in [0.25, 0.3) is 0 Å². The third-order valence-corrected chi connectivity index (χ3v) is 4.43. The number of anilines is 2. The van der Waals surface area contributed by atoms with Crippen molar-refractivity contribution in [2.45, 2.75) is 13.3 Å². The number of hydrogen-bond acceptors (Lipinski definition) is 9. The van der Waals surface area contributed by atoms with Crippen LogP contribution in [0.2, 0.25) is 0 Å². The van der Waals surface area contributed by atoms with Gasteiger partial charge in [0.1, 0.15) is 0 Å². The number of esters is 1. The lowest BCUT2D eigenvalue weighted by molar-refractivity contribution is -0.142. The standard InChI is InChI=1S/C16H19N5O4S/c1-2-25-14(22)9-11-10-26-16(17-11)18-15(23)12-3-4-13(20-19-12)21-5-7-24-8-6-21/h3-4,10H,2,5-9H2,1H3,(H,17,18,23). The highest BCUT2D eigenvalue weighted by Gasteiger charge is 2.16. The lowest BCUT2D eigenvalue weighted by Gasteiger charge is -2.27. The van der Waals surface area contributed by atoms with Crippen LogP contribution in [-0.4, -0.2) is 60.0 Å². The minimum Gasteiger partial charge on any atom is -0.466 e. The van der Waals surface area contributed by atoms with Crippen LogP contribution in [0.4, 0.5) is 10.9 Å². The van der Waals surface area contributed by atoms with E-state index >= 15 is 0 Å². The second kappa shape index (κ2) is 8.68. The summed E-state index contributed by atoms with van der Waals surface area (Å²) >= 11 is 1.24. The van der Waals surface area contributed by atoms with Crippen LogP contribution in [0.15, 0.2) is 17.5 Å². The molecule has 0 bridgehead atoms. The van der Waals surface area contributed by atoms with Gasteiger partial charge in [-0.1, -0.05) is 0 Å². The van der Waals surface area contributed by atoms with Crippen molar-refractivity contribution in [3.63, 3.8) is 0 Å². The minimum absolute atomic E-state index is 0.0776. The number of rotatable bonds is 6. The largest absolute Gasteiger partial charge is 0.466 e. The molecule has 3 rings (SSSR count). The molecule has 26 heavy (non-hydrogen) atoms. The van der Waals surface area contributed by atoms with E-state index in [-0.39, 0.29) is 18.1 Å². The van der Waals surface area contributed by atoms with Gasteiger partial charge in [0.2, 0.25) is 0 Å². The summed E-state index contributed by atoms with van der Waals surface area (Å²) in [4.78, 5) is 30.0. The first-order chi connectivity index (χ1) is 12.7. The van der Waals surface area contributed by atoms with E-state index in [1.54, 1.807) is 24.4 Å². The summed E-state index contributed by atoms with van der Waals surface area (Å²) in [6.07, 6.45) is 0.0776. The van der Waals surface area contributed by atoms with E-state index < -0.39 is 5.91 Å². The fourth-order valence-corrected chi connectivity index (χ4v) is 3.08. The number of carbonyl (C=O) groups is 2. The zero-order valence-electron chi connectivity index (χ0n) is 14.3. The van der Waals surface area contributed by atoms with Crippen molar-refractivity contribution in [3.05, 3.63) is 28.9 Å². The van der Waals surface area contributed by atoms with Gasteiger partial charge < -0.3 is 14.4 Å². The van der Waals surface area contributed by atoms with E-state index in [0.717, 1.165) is 18.9 Å². The molecule has 9 nitrogen and oxygen atoms in total. The smallest absolute Gasteiger partial charge is 0.311 e. The van der Waals surface area contributed by atoms with Gasteiger partial charge in [-0.3, -0.25) is 14.9 Å². The predicted octanol–water partition coefficient (Wildman–Crippen LogP) is 1.13. The van der Waals surface area contributed by atoms with Crippen molar-refractivity contribution >= 4 is 34.2 Å². The maximum absolute atomic E-state index is 12.3. The Morgan fingerprint density at radius 2 is 2.12 bits per heavy atom. The molecule has 0 spiro atoms. The zero-order chi connectivity index (χ0) is 18.4. The van der Waals surface area contributed by atoms with Gasteiger partial charge in [0.15, 0.2) is 16.6 Å². The van der Waals surface area contributed by atoms with Crippen LogP contribution in [0.5, 0.6) is 0 Å². The van der Waals surface area contributed by atoms with Gasteiger partial charge in [0.25, 0.3) is 5.91 Å². The van der Waals surface area contributed by atoms with Gasteiger partial charge in [-0.05, 0) is 19.1 Å². The molecule has 1 aliphatic heterocycles. The summed E-state index contributed by atoms with van der Waals surface area (Å²) in [6, 6.07) is 3.39. The molecule has 0 unspecified atom stereocenters. The van der Waals surface area contributed by atoms with E-state index in [1.807, 2.05) is 0 Å². The van der Waals surface area contributed by atoms with Crippen LogP contribution in [0, 0.1) is 0 Å². The second-order valence-corrected chi connectivity index (χ2v) is 6.31. The highest BCUT2D eigenvalue weighted by atomic mass is 32.1. The van der Waals surface area contributed by atoms with Crippen LogP contribution in [0.1, 0.15) is 23.1 Å². The monoisotopic (exact) mass is 377 g/mol. The van der Waals surface area contributed by atoms with Crippen molar-refractivity contribution in [1.82, 2.24) is 15.2 Å². The average Bonchev–Trinajstić information content (AvgIpc) is 3.09. The Morgan fingerprint density at radius 1 is 1.31 bits per heavy atom. The van der Waals surface area contributed by atoms with Gasteiger partial charge in [0, 0.05) is 18.5 Å². The van der Waals surface area contributed by atoms with Crippen LogP contribution in [0.3, 0.4) is 0 Å². The van der Waals surface area contributed by atoms with Crippen LogP contribution < -0.4 is 10.2 Å². The molecule has 3 heterocycles. The fraction of sp³-hybridized carbons (Fsp3) is 0.438. The molecule has 0 atom stereocenters. The highest BCUT2D eigenvalue weighted by Crippen LogP contribution is 2.17. The normalized spacial score (nSPS) is 14.1. The van der Waals surface area contributed by atoms with Crippen molar-refractivity contribution in [1.29, 1.82) is 0 Å². The number of amides is 1. The molecule has 1 fully saturated rings. The van der Waals surface area contributed by atoms with E-state index in [9.17, 15) is 9.59 Å². The van der Waals surface area contributed by atoms with Gasteiger partial charge in [0.05, 0.1) is 31.9 Å². The first-order valence-corrected chi connectivity index (χ1v) is 9.11. The van der Waals surface area contributed by atoms with E-state index in [4.69, 9.17) is 9.47 Å². The molecule has 138 valence electrons. The molecule has 0 aromatic carbocycles. The molecule has 2 aromatic rings. The molecular weight excluding hydrogens is 358 g/mol. The molecule has 1 aliphatic rings. The third kappa shape index (κ3) is 4.73. The fourth-order valence-electron chi connectivity index (χ4n) is 2.37. The number of nitrogens with zero attached hydrogens (tertiary/aromatic N) is 4. The lowest BCUT2D eigenvalue weighted by Crippen LogP contribution is -2.37. The first kappa shape index (κ1) is 18.2. The number of thiazole rings is 1. The van der Waals surface area contributed by atoms with E-state index in [2.05, 4.69) is 25.4 Å². The number of ether oxygens (including phenoxy) is 2. The molecule has 0 radical (unpaired) electrons. The molecule has 1 amide bonds. The van der Waals surface area contributed by atoms with Crippen molar-refractivity contribution in [3.8, 4) is 0 Å². The maximum atomic E-state index is 12.3. The Hall–Kier alpha value is -2.59. The molecule has 0 saturated carbocycles. The molecule has 0 aliphatic carbocycles. The van der Waals surface area contributed by atoms with Crippen molar-refractivity contribution < 1.29 is 19.1 Å². The first-order valence-electron chi connectivity index (χ1n) is 8.23. The Morgan fingerprint density at radius 3 is 2.81 bits per heavy atom. The summed E-state index contributed by atoms with van der Waals surface area (Å²) in [5.41, 5.74) is 0.752. The van der Waals surface area contributed by atoms with Gasteiger partial charge in [-0.2, -0.15) is 0 Å². The molecular formula is C16H19N5O4S. The molecule has 1 saturated heterocycles. The Kier molecular flexibility index (Phi) is 6.08. The quantitative estimate of drug-likeness (QED) is 0.747. The Balaban J connectivity index is 1.57. The second-order valence-electron chi connectivity index (χ2n) is 5.46.